The van der Waals surface area contributed by atoms with E-state index in [9.17, 15) is 18.0 Å². The molecule has 0 aliphatic carbocycles. The molecule has 1 saturated heterocycles. The average molecular weight is 509 g/mol. The zero-order valence-electron chi connectivity index (χ0n) is 20.6. The Kier molecular flexibility index (Phi) is 7.76. The lowest BCUT2D eigenvalue weighted by Crippen LogP contribution is -2.44. The predicted octanol–water partition coefficient (Wildman–Crippen LogP) is 3.79. The maximum atomic E-state index is 13.9. The quantitative estimate of drug-likeness (QED) is 0.522. The van der Waals surface area contributed by atoms with Crippen molar-refractivity contribution in [3.05, 3.63) is 82.3 Å². The average Bonchev–Trinajstić information content (AvgIpc) is 2.86. The second-order valence-electron chi connectivity index (χ2n) is 8.98. The van der Waals surface area contributed by atoms with E-state index in [-0.39, 0.29) is 23.4 Å². The standard InChI is InChI=1S/C27H27F3N6O/c1-18-20(5-3-19-4-8-25(31)33-15-19)13-22(16-32-18)26(37)34-23-7-6-21(24(14-23)27(28,29)30)17-36-11-9-35(2)10-12-36/h4,6-8,13-16H,9-12,17H2,1-2H3,(H2,31,33)(H,34,37). The van der Waals surface area contributed by atoms with E-state index in [1.165, 1.54) is 24.5 Å². The fourth-order valence-electron chi connectivity index (χ4n) is 3.91. The lowest BCUT2D eigenvalue weighted by atomic mass is 10.0. The van der Waals surface area contributed by atoms with Crippen molar-refractivity contribution in [2.45, 2.75) is 19.6 Å². The number of anilines is 2. The molecule has 1 amide bonds. The summed E-state index contributed by atoms with van der Waals surface area (Å²) in [7, 11) is 1.99. The lowest BCUT2D eigenvalue weighted by Gasteiger charge is -2.33. The number of rotatable bonds is 4. The number of piperazine rings is 1. The van der Waals surface area contributed by atoms with Crippen LogP contribution in [0.1, 0.15) is 38.3 Å². The van der Waals surface area contributed by atoms with Gasteiger partial charge in [-0.05, 0) is 49.9 Å². The van der Waals surface area contributed by atoms with Gasteiger partial charge in [0.2, 0.25) is 0 Å². The van der Waals surface area contributed by atoms with Crippen LogP contribution < -0.4 is 11.1 Å². The third kappa shape index (κ3) is 6.84. The fourth-order valence-corrected chi connectivity index (χ4v) is 3.91. The van der Waals surface area contributed by atoms with Gasteiger partial charge in [-0.15, -0.1) is 0 Å². The van der Waals surface area contributed by atoms with E-state index in [0.717, 1.165) is 19.2 Å². The molecule has 1 aliphatic heterocycles. The van der Waals surface area contributed by atoms with E-state index in [0.29, 0.717) is 35.7 Å². The van der Waals surface area contributed by atoms with Crippen molar-refractivity contribution in [3.63, 3.8) is 0 Å². The molecule has 4 rings (SSSR count). The molecule has 3 aromatic rings. The van der Waals surface area contributed by atoms with Gasteiger partial charge in [0.15, 0.2) is 0 Å². The molecule has 3 heterocycles. The molecule has 1 aromatic carbocycles. The lowest BCUT2D eigenvalue weighted by molar-refractivity contribution is -0.138. The molecule has 3 N–H and O–H groups in total. The maximum absolute atomic E-state index is 13.9. The molecule has 192 valence electrons. The van der Waals surface area contributed by atoms with Crippen LogP contribution in [0.25, 0.3) is 0 Å². The number of carbonyl (C=O) groups is 1. The Bertz CT molecular complexity index is 1340. The number of aromatic nitrogens is 2. The number of pyridine rings is 2. The monoisotopic (exact) mass is 508 g/mol. The van der Waals surface area contributed by atoms with Crippen LogP contribution in [0, 0.1) is 18.8 Å². The molecular formula is C27H27F3N6O. The first kappa shape index (κ1) is 26.1. The summed E-state index contributed by atoms with van der Waals surface area (Å²) in [6.07, 6.45) is -1.64. The Morgan fingerprint density at radius 1 is 1.05 bits per heavy atom. The smallest absolute Gasteiger partial charge is 0.384 e. The summed E-state index contributed by atoms with van der Waals surface area (Å²) in [5.41, 5.74) is 7.01. The van der Waals surface area contributed by atoms with Crippen molar-refractivity contribution >= 4 is 17.4 Å². The summed E-state index contributed by atoms with van der Waals surface area (Å²) in [4.78, 5) is 25.2. The van der Waals surface area contributed by atoms with Crippen molar-refractivity contribution in [1.82, 2.24) is 19.8 Å². The number of hydrogen-bond donors (Lipinski definition) is 2. The third-order valence-electron chi connectivity index (χ3n) is 6.14. The summed E-state index contributed by atoms with van der Waals surface area (Å²) in [6, 6.07) is 8.82. The van der Waals surface area contributed by atoms with Crippen LogP contribution in [0.5, 0.6) is 0 Å². The van der Waals surface area contributed by atoms with Gasteiger partial charge in [-0.1, -0.05) is 17.9 Å². The maximum Gasteiger partial charge on any atom is 0.416 e. The SMILES string of the molecule is Cc1ncc(C(=O)Nc2ccc(CN3CCN(C)CC3)c(C(F)(F)F)c2)cc1C#Cc1ccc(N)nc1. The minimum Gasteiger partial charge on any atom is -0.384 e. The normalized spacial score (nSPS) is 14.6. The molecule has 2 aromatic heterocycles. The summed E-state index contributed by atoms with van der Waals surface area (Å²) in [5.74, 6) is 5.69. The molecule has 1 aliphatic rings. The highest BCUT2D eigenvalue weighted by Gasteiger charge is 2.34. The number of likely N-dealkylation sites (N-methyl/N-ethyl adjacent to an activating group) is 1. The first-order chi connectivity index (χ1) is 17.6. The summed E-state index contributed by atoms with van der Waals surface area (Å²) < 4.78 is 41.6. The topological polar surface area (TPSA) is 87.4 Å². The number of carbonyl (C=O) groups excluding carboxylic acids is 1. The molecule has 10 heteroatoms. The summed E-state index contributed by atoms with van der Waals surface area (Å²) >= 11 is 0. The molecular weight excluding hydrogens is 481 g/mol. The highest BCUT2D eigenvalue weighted by atomic mass is 19.4. The van der Waals surface area contributed by atoms with Crippen LogP contribution in [-0.4, -0.2) is 58.9 Å². The van der Waals surface area contributed by atoms with Gasteiger partial charge in [0, 0.05) is 61.9 Å². The Morgan fingerprint density at radius 2 is 1.81 bits per heavy atom. The second kappa shape index (κ2) is 11.0. The van der Waals surface area contributed by atoms with Crippen LogP contribution in [0.3, 0.4) is 0 Å². The van der Waals surface area contributed by atoms with Crippen LogP contribution >= 0.6 is 0 Å². The highest BCUT2D eigenvalue weighted by Crippen LogP contribution is 2.34. The second-order valence-corrected chi connectivity index (χ2v) is 8.98. The van der Waals surface area contributed by atoms with Crippen LogP contribution in [0.4, 0.5) is 24.7 Å². The first-order valence-corrected chi connectivity index (χ1v) is 11.7. The number of aryl methyl sites for hydroxylation is 1. The van der Waals surface area contributed by atoms with E-state index in [2.05, 4.69) is 32.0 Å². The number of amides is 1. The van der Waals surface area contributed by atoms with Crippen LogP contribution in [0.2, 0.25) is 0 Å². The van der Waals surface area contributed by atoms with Crippen LogP contribution in [-0.2, 0) is 12.7 Å². The van der Waals surface area contributed by atoms with E-state index in [1.54, 1.807) is 25.1 Å². The zero-order chi connectivity index (χ0) is 26.6. The summed E-state index contributed by atoms with van der Waals surface area (Å²) in [5, 5.41) is 2.56. The highest BCUT2D eigenvalue weighted by molar-refractivity contribution is 6.04. The molecule has 0 saturated carbocycles. The molecule has 0 unspecified atom stereocenters. The summed E-state index contributed by atoms with van der Waals surface area (Å²) in [6.45, 7) is 4.97. The molecule has 0 spiro atoms. The largest absolute Gasteiger partial charge is 0.416 e. The number of halogens is 3. The number of nitrogens with two attached hydrogens (primary N) is 1. The van der Waals surface area contributed by atoms with Gasteiger partial charge < -0.3 is 16.0 Å². The number of nitrogen functional groups attached to an aromatic ring is 1. The third-order valence-corrected chi connectivity index (χ3v) is 6.14. The Morgan fingerprint density at radius 3 is 2.49 bits per heavy atom. The van der Waals surface area contributed by atoms with E-state index in [1.807, 2.05) is 11.9 Å². The Balaban J connectivity index is 1.52. The van der Waals surface area contributed by atoms with Gasteiger partial charge in [-0.25, -0.2) is 4.98 Å². The first-order valence-electron chi connectivity index (χ1n) is 11.7. The van der Waals surface area contributed by atoms with Gasteiger partial charge in [-0.2, -0.15) is 13.2 Å². The predicted molar refractivity (Wildman–Crippen MR) is 136 cm³/mol. The van der Waals surface area contributed by atoms with Gasteiger partial charge in [-0.3, -0.25) is 14.7 Å². The fraction of sp³-hybridized carbons (Fsp3) is 0.296. The molecule has 37 heavy (non-hydrogen) atoms. The Hall–Kier alpha value is -3.94. The van der Waals surface area contributed by atoms with E-state index >= 15 is 0 Å². The van der Waals surface area contributed by atoms with E-state index < -0.39 is 17.6 Å². The molecule has 0 bridgehead atoms. The number of hydrogen-bond acceptors (Lipinski definition) is 6. The van der Waals surface area contributed by atoms with Crippen LogP contribution in [0.15, 0.2) is 48.8 Å². The Labute approximate surface area is 213 Å². The zero-order valence-corrected chi connectivity index (χ0v) is 20.6. The van der Waals surface area contributed by atoms with Gasteiger partial charge >= 0.3 is 6.18 Å². The number of nitrogens with zero attached hydrogens (tertiary/aromatic N) is 4. The van der Waals surface area contributed by atoms with Crippen molar-refractivity contribution in [1.29, 1.82) is 0 Å². The van der Waals surface area contributed by atoms with Gasteiger partial charge in [0.1, 0.15) is 5.82 Å². The van der Waals surface area contributed by atoms with Gasteiger partial charge in [0.25, 0.3) is 5.91 Å². The van der Waals surface area contributed by atoms with E-state index in [4.69, 9.17) is 5.73 Å². The van der Waals surface area contributed by atoms with Crippen molar-refractivity contribution in [3.8, 4) is 11.8 Å². The van der Waals surface area contributed by atoms with Crippen molar-refractivity contribution in [2.75, 3.05) is 44.3 Å². The minimum atomic E-state index is -4.55. The van der Waals surface area contributed by atoms with Gasteiger partial charge in [0.05, 0.1) is 16.8 Å². The minimum absolute atomic E-state index is 0.0561. The van der Waals surface area contributed by atoms with Crippen molar-refractivity contribution < 1.29 is 18.0 Å². The number of nitrogens with one attached hydrogen (secondary N) is 1. The number of alkyl halides is 3. The molecule has 0 radical (unpaired) electrons. The molecule has 0 atom stereocenters. The molecule has 7 nitrogen and oxygen atoms in total. The van der Waals surface area contributed by atoms with Crippen molar-refractivity contribution in [2.24, 2.45) is 0 Å². The molecule has 1 fully saturated rings. The number of benzene rings is 1.